The highest BCUT2D eigenvalue weighted by Crippen LogP contribution is 2.32. The molecule has 2 nitrogen and oxygen atoms in total. The summed E-state index contributed by atoms with van der Waals surface area (Å²) in [5.41, 5.74) is 1.39. The zero-order valence-corrected chi connectivity index (χ0v) is 10.7. The monoisotopic (exact) mass is 273 g/mol. The summed E-state index contributed by atoms with van der Waals surface area (Å²) >= 11 is 0. The van der Waals surface area contributed by atoms with E-state index < -0.39 is 11.6 Å². The van der Waals surface area contributed by atoms with Gasteiger partial charge >= 0.3 is 0 Å². The topological polar surface area (TPSA) is 32.6 Å². The lowest BCUT2D eigenvalue weighted by Gasteiger charge is -2.06. The summed E-state index contributed by atoms with van der Waals surface area (Å²) in [6, 6.07) is 10.5. The van der Waals surface area contributed by atoms with Gasteiger partial charge in [0.2, 0.25) is 0 Å². The normalized spacial score (nSPS) is 18.1. The second kappa shape index (κ2) is 5.04. The molecule has 1 unspecified atom stereocenters. The van der Waals surface area contributed by atoms with Gasteiger partial charge in [-0.15, -0.1) is 0 Å². The first-order chi connectivity index (χ1) is 9.65. The molecule has 0 saturated carbocycles. The van der Waals surface area contributed by atoms with Crippen molar-refractivity contribution in [3.63, 3.8) is 0 Å². The maximum Gasteiger partial charge on any atom is 0.135 e. The second-order valence-electron chi connectivity index (χ2n) is 4.82. The molecule has 0 bridgehead atoms. The summed E-state index contributed by atoms with van der Waals surface area (Å²) in [5.74, 6) is -0.957. The Morgan fingerprint density at radius 3 is 2.30 bits per heavy atom. The fourth-order valence-corrected chi connectivity index (χ4v) is 2.49. The van der Waals surface area contributed by atoms with E-state index in [0.717, 1.165) is 5.56 Å². The molecule has 1 N–H and O–H groups in total. The van der Waals surface area contributed by atoms with Gasteiger partial charge in [-0.25, -0.2) is 8.78 Å². The summed E-state index contributed by atoms with van der Waals surface area (Å²) in [6.07, 6.45) is 1.26. The van der Waals surface area contributed by atoms with Gasteiger partial charge in [-0.3, -0.25) is 4.99 Å². The van der Waals surface area contributed by atoms with Crippen LogP contribution in [0, 0.1) is 11.6 Å². The lowest BCUT2D eigenvalue weighted by molar-refractivity contribution is 0.475. The van der Waals surface area contributed by atoms with E-state index in [2.05, 4.69) is 4.99 Å². The van der Waals surface area contributed by atoms with E-state index in [-0.39, 0.29) is 17.4 Å². The summed E-state index contributed by atoms with van der Waals surface area (Å²) in [6.45, 7) is 0. The molecule has 0 spiro atoms. The van der Waals surface area contributed by atoms with Gasteiger partial charge in [0, 0.05) is 5.71 Å². The lowest BCUT2D eigenvalue weighted by Crippen LogP contribution is -2.03. The number of phenols is 1. The number of halogens is 2. The van der Waals surface area contributed by atoms with Gasteiger partial charge in [-0.05, 0) is 42.7 Å². The van der Waals surface area contributed by atoms with Crippen LogP contribution in [0.2, 0.25) is 0 Å². The van der Waals surface area contributed by atoms with Crippen molar-refractivity contribution in [2.45, 2.75) is 18.9 Å². The number of aromatic hydroxyl groups is 1. The number of benzene rings is 2. The minimum absolute atomic E-state index is 0.0196. The van der Waals surface area contributed by atoms with Crippen molar-refractivity contribution in [1.29, 1.82) is 0 Å². The molecule has 1 aliphatic heterocycles. The first-order valence-corrected chi connectivity index (χ1v) is 6.45. The standard InChI is InChI=1S/C16H13F2NO/c17-12-2-1-3-13(18)16(12)15-9-8-14(19-15)10-4-6-11(20)7-5-10/h1-7,14,20H,8-9H2. The molecule has 0 amide bonds. The van der Waals surface area contributed by atoms with Crippen molar-refractivity contribution in [1.82, 2.24) is 0 Å². The van der Waals surface area contributed by atoms with Crippen molar-refractivity contribution < 1.29 is 13.9 Å². The minimum atomic E-state index is -0.574. The number of aliphatic imine (C=N–C) groups is 1. The maximum absolute atomic E-state index is 13.7. The van der Waals surface area contributed by atoms with Crippen molar-refractivity contribution in [2.24, 2.45) is 4.99 Å². The Bertz CT molecular complexity index is 644. The van der Waals surface area contributed by atoms with E-state index in [1.807, 2.05) is 0 Å². The van der Waals surface area contributed by atoms with Crippen LogP contribution < -0.4 is 0 Å². The van der Waals surface area contributed by atoms with Crippen LogP contribution >= 0.6 is 0 Å². The molecular formula is C16H13F2NO. The Kier molecular flexibility index (Phi) is 3.22. The molecule has 20 heavy (non-hydrogen) atoms. The zero-order valence-electron chi connectivity index (χ0n) is 10.7. The maximum atomic E-state index is 13.7. The molecule has 102 valence electrons. The Morgan fingerprint density at radius 2 is 1.65 bits per heavy atom. The highest BCUT2D eigenvalue weighted by molar-refractivity contribution is 6.02. The Hall–Kier alpha value is -2.23. The van der Waals surface area contributed by atoms with E-state index in [1.54, 1.807) is 24.3 Å². The van der Waals surface area contributed by atoms with E-state index >= 15 is 0 Å². The number of hydrogen-bond donors (Lipinski definition) is 1. The smallest absolute Gasteiger partial charge is 0.135 e. The van der Waals surface area contributed by atoms with Gasteiger partial charge in [0.15, 0.2) is 0 Å². The summed E-state index contributed by atoms with van der Waals surface area (Å²) in [7, 11) is 0. The predicted molar refractivity (Wildman–Crippen MR) is 73.0 cm³/mol. The van der Waals surface area contributed by atoms with Gasteiger partial charge < -0.3 is 5.11 Å². The minimum Gasteiger partial charge on any atom is -0.508 e. The molecule has 0 saturated heterocycles. The molecule has 1 atom stereocenters. The molecule has 0 radical (unpaired) electrons. The van der Waals surface area contributed by atoms with Crippen LogP contribution in [0.1, 0.15) is 30.0 Å². The zero-order chi connectivity index (χ0) is 14.1. The van der Waals surface area contributed by atoms with E-state index in [0.29, 0.717) is 18.6 Å². The van der Waals surface area contributed by atoms with Crippen molar-refractivity contribution in [3.8, 4) is 5.75 Å². The molecular weight excluding hydrogens is 260 g/mol. The third-order valence-corrected chi connectivity index (χ3v) is 3.50. The molecule has 2 aromatic rings. The second-order valence-corrected chi connectivity index (χ2v) is 4.82. The first kappa shape index (κ1) is 12.8. The third-order valence-electron chi connectivity index (χ3n) is 3.50. The first-order valence-electron chi connectivity index (χ1n) is 6.45. The molecule has 4 heteroatoms. The van der Waals surface area contributed by atoms with E-state index in [1.165, 1.54) is 18.2 Å². The Labute approximate surface area is 115 Å². The van der Waals surface area contributed by atoms with Crippen LogP contribution in [-0.2, 0) is 0 Å². The number of rotatable bonds is 2. The lowest BCUT2D eigenvalue weighted by atomic mass is 10.0. The van der Waals surface area contributed by atoms with Gasteiger partial charge in [0.05, 0.1) is 11.6 Å². The van der Waals surface area contributed by atoms with Gasteiger partial charge in [0.1, 0.15) is 17.4 Å². The number of nitrogens with zero attached hydrogens (tertiary/aromatic N) is 1. The van der Waals surface area contributed by atoms with Crippen LogP contribution in [0.5, 0.6) is 5.75 Å². The van der Waals surface area contributed by atoms with Crippen LogP contribution in [-0.4, -0.2) is 10.8 Å². The van der Waals surface area contributed by atoms with E-state index in [4.69, 9.17) is 0 Å². The Balaban J connectivity index is 1.94. The highest BCUT2D eigenvalue weighted by Gasteiger charge is 2.24. The molecule has 0 fully saturated rings. The van der Waals surface area contributed by atoms with Crippen LogP contribution in [0.4, 0.5) is 8.78 Å². The third kappa shape index (κ3) is 2.29. The molecule has 1 aliphatic rings. The molecule has 0 aromatic heterocycles. The van der Waals surface area contributed by atoms with Gasteiger partial charge in [-0.1, -0.05) is 18.2 Å². The summed E-state index contributed by atoms with van der Waals surface area (Å²) in [5, 5.41) is 9.27. The van der Waals surface area contributed by atoms with Gasteiger partial charge in [0.25, 0.3) is 0 Å². The summed E-state index contributed by atoms with van der Waals surface area (Å²) in [4.78, 5) is 4.43. The average Bonchev–Trinajstić information content (AvgIpc) is 2.89. The largest absolute Gasteiger partial charge is 0.508 e. The highest BCUT2D eigenvalue weighted by atomic mass is 19.1. The van der Waals surface area contributed by atoms with Crippen LogP contribution in [0.25, 0.3) is 0 Å². The predicted octanol–water partition coefficient (Wildman–Crippen LogP) is 3.99. The van der Waals surface area contributed by atoms with Crippen molar-refractivity contribution >= 4 is 5.71 Å². The van der Waals surface area contributed by atoms with Crippen molar-refractivity contribution in [2.75, 3.05) is 0 Å². The average molecular weight is 273 g/mol. The fraction of sp³-hybridized carbons (Fsp3) is 0.188. The molecule has 1 heterocycles. The molecule has 3 rings (SSSR count). The van der Waals surface area contributed by atoms with Crippen LogP contribution in [0.3, 0.4) is 0 Å². The molecule has 2 aromatic carbocycles. The molecule has 0 aliphatic carbocycles. The number of phenolic OH excluding ortho intramolecular Hbond substituents is 1. The van der Waals surface area contributed by atoms with Crippen LogP contribution in [0.15, 0.2) is 47.5 Å². The van der Waals surface area contributed by atoms with Crippen molar-refractivity contribution in [3.05, 3.63) is 65.2 Å². The summed E-state index contributed by atoms with van der Waals surface area (Å²) < 4.78 is 27.5. The van der Waals surface area contributed by atoms with E-state index in [9.17, 15) is 13.9 Å². The van der Waals surface area contributed by atoms with Gasteiger partial charge in [-0.2, -0.15) is 0 Å². The SMILES string of the molecule is Oc1ccc(C2CCC(c3c(F)cccc3F)=N2)cc1. The Morgan fingerprint density at radius 1 is 1.00 bits per heavy atom. The quantitative estimate of drug-likeness (QED) is 0.881. The fourth-order valence-electron chi connectivity index (χ4n) is 2.49. The number of hydrogen-bond acceptors (Lipinski definition) is 2.